The molecule has 0 radical (unpaired) electrons. The van der Waals surface area contributed by atoms with Gasteiger partial charge in [-0.3, -0.25) is 0 Å². The van der Waals surface area contributed by atoms with E-state index in [0.717, 1.165) is 11.0 Å². The first-order chi connectivity index (χ1) is 5.88. The smallest absolute Gasteiger partial charge is 0.130 e. The predicted octanol–water partition coefficient (Wildman–Crippen LogP) is 1.96. The summed E-state index contributed by atoms with van der Waals surface area (Å²) in [6, 6.07) is 7.94. The van der Waals surface area contributed by atoms with Crippen molar-refractivity contribution >= 4 is 23.7 Å². The van der Waals surface area contributed by atoms with Crippen LogP contribution in [-0.2, 0) is 0 Å². The third-order valence-corrected chi connectivity index (χ3v) is 1.33. The molecule has 0 aliphatic rings. The van der Waals surface area contributed by atoms with Gasteiger partial charge in [-0.2, -0.15) is 5.26 Å². The number of hydrogen-bond donors (Lipinski definition) is 2. The van der Waals surface area contributed by atoms with E-state index in [1.54, 1.807) is 6.33 Å². The maximum absolute atomic E-state index is 7.18. The summed E-state index contributed by atoms with van der Waals surface area (Å²) < 4.78 is 0. The zero-order valence-corrected chi connectivity index (χ0v) is 7.12. The molecule has 1 heterocycles. The van der Waals surface area contributed by atoms with Crippen molar-refractivity contribution in [3.05, 3.63) is 30.6 Å². The van der Waals surface area contributed by atoms with E-state index < -0.39 is 0 Å². The molecule has 0 aliphatic heterocycles. The third kappa shape index (κ3) is 2.01. The van der Waals surface area contributed by atoms with Crippen LogP contribution in [-0.4, -0.2) is 9.97 Å². The Bertz CT molecular complexity index is 358. The molecule has 12 heavy (non-hydrogen) atoms. The number of benzene rings is 1. The van der Waals surface area contributed by atoms with E-state index in [0.29, 0.717) is 0 Å². The van der Waals surface area contributed by atoms with Gasteiger partial charge in [0.25, 0.3) is 0 Å². The molecule has 0 saturated carbocycles. The Labute approximate surface area is 75.5 Å². The van der Waals surface area contributed by atoms with Crippen molar-refractivity contribution in [2.45, 2.75) is 0 Å². The Morgan fingerprint density at radius 1 is 1.42 bits per heavy atom. The summed E-state index contributed by atoms with van der Waals surface area (Å²) >= 11 is 3.09. The summed E-state index contributed by atoms with van der Waals surface area (Å²) in [5, 5.41) is 8.63. The first-order valence-corrected chi connectivity index (χ1v) is 3.74. The summed E-state index contributed by atoms with van der Waals surface area (Å²) in [5.41, 5.74) is 2.12. The molecule has 0 unspecified atom stereocenters. The van der Waals surface area contributed by atoms with Crippen molar-refractivity contribution in [1.82, 2.24) is 9.97 Å². The third-order valence-electron chi connectivity index (χ3n) is 1.33. The minimum Gasteiger partial charge on any atom is -0.345 e. The van der Waals surface area contributed by atoms with Gasteiger partial charge in [0.2, 0.25) is 0 Å². The zero-order valence-electron chi connectivity index (χ0n) is 6.23. The van der Waals surface area contributed by atoms with Gasteiger partial charge in [0.05, 0.1) is 17.4 Å². The van der Waals surface area contributed by atoms with Crippen LogP contribution in [0.1, 0.15) is 0 Å². The number of fused-ring (bicyclic) bond motifs is 1. The van der Waals surface area contributed by atoms with Crippen LogP contribution < -0.4 is 0 Å². The van der Waals surface area contributed by atoms with Crippen LogP contribution in [0.4, 0.5) is 0 Å². The highest BCUT2D eigenvalue weighted by Crippen LogP contribution is 2.05. The number of nitrogens with one attached hydrogen (secondary N) is 1. The molecule has 1 N–H and O–H groups in total. The zero-order chi connectivity index (χ0) is 8.81. The Balaban J connectivity index is 0.000000213. The first-order valence-electron chi connectivity index (χ1n) is 3.30. The monoisotopic (exact) mass is 177 g/mol. The maximum atomic E-state index is 7.18. The Kier molecular flexibility index (Phi) is 3.17. The number of nitriles is 1. The molecule has 3 nitrogen and oxygen atoms in total. The van der Waals surface area contributed by atoms with E-state index in [4.69, 9.17) is 5.26 Å². The molecule has 0 aliphatic carbocycles. The molecule has 1 aromatic heterocycles. The number of thiol groups is 1. The summed E-state index contributed by atoms with van der Waals surface area (Å²) in [6.45, 7) is 0. The molecule has 0 fully saturated rings. The molecular formula is C8H7N3S. The van der Waals surface area contributed by atoms with Crippen LogP contribution in [0.3, 0.4) is 0 Å². The summed E-state index contributed by atoms with van der Waals surface area (Å²) in [5.74, 6) is 0. The quantitative estimate of drug-likeness (QED) is 0.477. The van der Waals surface area contributed by atoms with E-state index in [9.17, 15) is 0 Å². The van der Waals surface area contributed by atoms with Crippen LogP contribution in [0.15, 0.2) is 30.6 Å². The number of thiocyanates is 1. The summed E-state index contributed by atoms with van der Waals surface area (Å²) in [7, 11) is 0. The molecule has 0 saturated heterocycles. The SMILES string of the molecule is N#CS.c1ccc2[nH]cnc2c1. The van der Waals surface area contributed by atoms with Crippen molar-refractivity contribution in [2.75, 3.05) is 0 Å². The molecule has 0 spiro atoms. The minimum atomic E-state index is 1.03. The van der Waals surface area contributed by atoms with E-state index in [1.165, 1.54) is 5.40 Å². The number of rotatable bonds is 0. The molecule has 2 rings (SSSR count). The normalized spacial score (nSPS) is 8.33. The summed E-state index contributed by atoms with van der Waals surface area (Å²) in [6.07, 6.45) is 1.70. The maximum Gasteiger partial charge on any atom is 0.130 e. The fourth-order valence-electron chi connectivity index (χ4n) is 0.880. The number of H-pyrrole nitrogens is 1. The van der Waals surface area contributed by atoms with Crippen LogP contribution in [0.5, 0.6) is 0 Å². The molecular weight excluding hydrogens is 170 g/mol. The number of aromatic nitrogens is 2. The minimum absolute atomic E-state index is 1.03. The number of imidazole rings is 1. The van der Waals surface area contributed by atoms with Crippen molar-refractivity contribution in [3.63, 3.8) is 0 Å². The fourth-order valence-corrected chi connectivity index (χ4v) is 0.880. The average molecular weight is 177 g/mol. The van der Waals surface area contributed by atoms with Crippen molar-refractivity contribution < 1.29 is 0 Å². The highest BCUT2D eigenvalue weighted by molar-refractivity contribution is 7.85. The van der Waals surface area contributed by atoms with E-state index in [-0.39, 0.29) is 0 Å². The van der Waals surface area contributed by atoms with Crippen molar-refractivity contribution in [2.24, 2.45) is 0 Å². The van der Waals surface area contributed by atoms with Gasteiger partial charge in [-0.25, -0.2) is 4.98 Å². The van der Waals surface area contributed by atoms with Gasteiger partial charge in [0.15, 0.2) is 0 Å². The lowest BCUT2D eigenvalue weighted by molar-refractivity contribution is 1.34. The lowest BCUT2D eigenvalue weighted by Gasteiger charge is -1.81. The second-order valence-corrected chi connectivity index (χ2v) is 2.22. The van der Waals surface area contributed by atoms with E-state index in [1.807, 2.05) is 24.3 Å². The van der Waals surface area contributed by atoms with Gasteiger partial charge in [-0.1, -0.05) is 24.8 Å². The second kappa shape index (κ2) is 4.42. The highest BCUT2D eigenvalue weighted by Gasteiger charge is 1.88. The van der Waals surface area contributed by atoms with Gasteiger partial charge < -0.3 is 4.98 Å². The summed E-state index contributed by atoms with van der Waals surface area (Å²) in [4.78, 5) is 7.07. The average Bonchev–Trinajstić information content (AvgIpc) is 2.52. The van der Waals surface area contributed by atoms with Crippen LogP contribution in [0.25, 0.3) is 11.0 Å². The van der Waals surface area contributed by atoms with E-state index >= 15 is 0 Å². The topological polar surface area (TPSA) is 52.5 Å². The Morgan fingerprint density at radius 2 is 2.08 bits per heavy atom. The highest BCUT2D eigenvalue weighted by atomic mass is 32.1. The standard InChI is InChI=1S/C7H6N2.CHNS/c1-2-4-7-6(3-1)8-5-9-7;2-1-3/h1-5H,(H,8,9);3H. The molecule has 2 aromatic rings. The van der Waals surface area contributed by atoms with Crippen molar-refractivity contribution in [1.29, 1.82) is 5.26 Å². The predicted molar refractivity (Wildman–Crippen MR) is 50.7 cm³/mol. The van der Waals surface area contributed by atoms with Gasteiger partial charge in [0, 0.05) is 0 Å². The Hall–Kier alpha value is -1.47. The molecule has 0 amide bonds. The lowest BCUT2D eigenvalue weighted by Crippen LogP contribution is -1.63. The van der Waals surface area contributed by atoms with Gasteiger partial charge in [0.1, 0.15) is 5.40 Å². The molecule has 4 heteroatoms. The number of nitrogens with zero attached hydrogens (tertiary/aromatic N) is 2. The Morgan fingerprint density at radius 3 is 2.75 bits per heavy atom. The molecule has 1 aromatic carbocycles. The van der Waals surface area contributed by atoms with Crippen LogP contribution in [0.2, 0.25) is 0 Å². The number of aromatic amines is 1. The number of para-hydroxylation sites is 2. The molecule has 0 atom stereocenters. The van der Waals surface area contributed by atoms with E-state index in [2.05, 4.69) is 22.6 Å². The lowest BCUT2D eigenvalue weighted by atomic mass is 10.3. The first kappa shape index (κ1) is 8.62. The van der Waals surface area contributed by atoms with Crippen LogP contribution in [0, 0.1) is 10.7 Å². The number of hydrogen-bond acceptors (Lipinski definition) is 3. The molecule has 0 bridgehead atoms. The fraction of sp³-hybridized carbons (Fsp3) is 0. The molecule has 60 valence electrons. The van der Waals surface area contributed by atoms with Gasteiger partial charge in [-0.05, 0) is 12.1 Å². The van der Waals surface area contributed by atoms with Gasteiger partial charge >= 0.3 is 0 Å². The van der Waals surface area contributed by atoms with Gasteiger partial charge in [-0.15, -0.1) is 0 Å². The van der Waals surface area contributed by atoms with Crippen molar-refractivity contribution in [3.8, 4) is 5.40 Å². The second-order valence-electron chi connectivity index (χ2n) is 2.02. The van der Waals surface area contributed by atoms with Crippen LogP contribution >= 0.6 is 12.6 Å². The largest absolute Gasteiger partial charge is 0.345 e.